The van der Waals surface area contributed by atoms with Crippen molar-refractivity contribution in [2.75, 3.05) is 13.7 Å². The van der Waals surface area contributed by atoms with Crippen molar-refractivity contribution < 1.29 is 23.5 Å². The van der Waals surface area contributed by atoms with Crippen LogP contribution in [0.2, 0.25) is 0 Å². The first kappa shape index (κ1) is 16.3. The number of esters is 1. The first-order chi connectivity index (χ1) is 11.6. The zero-order chi connectivity index (χ0) is 17.1. The molecule has 5 nitrogen and oxygen atoms in total. The number of ether oxygens (including phenoxy) is 2. The predicted octanol–water partition coefficient (Wildman–Crippen LogP) is 4.24. The van der Waals surface area contributed by atoms with Crippen LogP contribution in [0.15, 0.2) is 57.4 Å². The number of Topliss-reactive ketones (excluding diaryl/α,β-unsaturated/α-hetero) is 1. The Hall–Kier alpha value is -2.60. The molecule has 0 saturated heterocycles. The Labute approximate surface area is 146 Å². The lowest BCUT2D eigenvalue weighted by molar-refractivity contribution is 0.0446. The van der Waals surface area contributed by atoms with Crippen LogP contribution in [-0.4, -0.2) is 25.5 Å². The van der Waals surface area contributed by atoms with Gasteiger partial charge in [0.15, 0.2) is 12.4 Å². The van der Waals surface area contributed by atoms with E-state index in [-0.39, 0.29) is 18.2 Å². The Morgan fingerprint density at radius 2 is 1.92 bits per heavy atom. The third kappa shape index (κ3) is 3.33. The summed E-state index contributed by atoms with van der Waals surface area (Å²) in [6, 6.07) is 13.7. The maximum atomic E-state index is 12.1. The summed E-state index contributed by atoms with van der Waals surface area (Å²) in [7, 11) is 1.54. The second-order valence-corrected chi connectivity index (χ2v) is 5.85. The topological polar surface area (TPSA) is 65.7 Å². The third-order valence-corrected chi connectivity index (χ3v) is 4.05. The SMILES string of the molecule is COc1ccc(C(=O)COC(=O)c2cc3ccccc3o2)cc1Br. The van der Waals surface area contributed by atoms with Crippen molar-refractivity contribution in [2.24, 2.45) is 0 Å². The Morgan fingerprint density at radius 3 is 2.62 bits per heavy atom. The zero-order valence-electron chi connectivity index (χ0n) is 12.7. The number of halogens is 1. The number of rotatable bonds is 5. The molecule has 3 aromatic rings. The Bertz CT molecular complexity index is 880. The van der Waals surface area contributed by atoms with E-state index >= 15 is 0 Å². The average molecular weight is 389 g/mol. The maximum Gasteiger partial charge on any atom is 0.374 e. The van der Waals surface area contributed by atoms with Gasteiger partial charge in [0.25, 0.3) is 0 Å². The minimum atomic E-state index is -0.674. The molecule has 0 saturated carbocycles. The molecule has 0 radical (unpaired) electrons. The summed E-state index contributed by atoms with van der Waals surface area (Å²) in [5, 5.41) is 0.801. The smallest absolute Gasteiger partial charge is 0.374 e. The number of methoxy groups -OCH3 is 1. The van der Waals surface area contributed by atoms with E-state index in [1.165, 1.54) is 7.11 Å². The molecular formula is C18H13BrO5. The highest BCUT2D eigenvalue weighted by Gasteiger charge is 2.16. The number of benzene rings is 2. The summed E-state index contributed by atoms with van der Waals surface area (Å²) in [5.74, 6) is -0.305. The molecule has 0 aliphatic rings. The monoisotopic (exact) mass is 388 g/mol. The molecule has 122 valence electrons. The molecule has 0 aliphatic carbocycles. The van der Waals surface area contributed by atoms with Gasteiger partial charge in [-0.15, -0.1) is 0 Å². The van der Waals surface area contributed by atoms with Crippen LogP contribution in [0.25, 0.3) is 11.0 Å². The number of hydrogen-bond acceptors (Lipinski definition) is 5. The first-order valence-corrected chi connectivity index (χ1v) is 7.90. The molecule has 0 N–H and O–H groups in total. The molecule has 24 heavy (non-hydrogen) atoms. The van der Waals surface area contributed by atoms with Crippen molar-refractivity contribution in [3.63, 3.8) is 0 Å². The van der Waals surface area contributed by atoms with Crippen molar-refractivity contribution in [3.05, 3.63) is 64.3 Å². The highest BCUT2D eigenvalue weighted by atomic mass is 79.9. The van der Waals surface area contributed by atoms with Crippen LogP contribution in [0.1, 0.15) is 20.9 Å². The molecule has 6 heteroatoms. The fourth-order valence-corrected chi connectivity index (χ4v) is 2.75. The lowest BCUT2D eigenvalue weighted by Gasteiger charge is -2.06. The number of fused-ring (bicyclic) bond motifs is 1. The van der Waals surface area contributed by atoms with Crippen LogP contribution in [0.4, 0.5) is 0 Å². The fourth-order valence-electron chi connectivity index (χ4n) is 2.21. The lowest BCUT2D eigenvalue weighted by Crippen LogP contribution is -2.14. The number of carbonyl (C=O) groups is 2. The van der Waals surface area contributed by atoms with Gasteiger partial charge in [0.2, 0.25) is 5.76 Å². The van der Waals surface area contributed by atoms with E-state index in [0.29, 0.717) is 21.4 Å². The summed E-state index contributed by atoms with van der Waals surface area (Å²) in [6.07, 6.45) is 0. The van der Waals surface area contributed by atoms with Gasteiger partial charge in [0, 0.05) is 10.9 Å². The Balaban J connectivity index is 1.67. The van der Waals surface area contributed by atoms with E-state index in [1.807, 2.05) is 18.2 Å². The van der Waals surface area contributed by atoms with Gasteiger partial charge in [-0.3, -0.25) is 4.79 Å². The summed E-state index contributed by atoms with van der Waals surface area (Å²) in [5.41, 5.74) is 1.01. The summed E-state index contributed by atoms with van der Waals surface area (Å²) < 4.78 is 16.2. The van der Waals surface area contributed by atoms with E-state index in [1.54, 1.807) is 30.3 Å². The quantitative estimate of drug-likeness (QED) is 0.482. The van der Waals surface area contributed by atoms with Gasteiger partial charge < -0.3 is 13.9 Å². The second kappa shape index (κ2) is 6.88. The molecule has 0 unspecified atom stereocenters. The molecule has 1 aromatic heterocycles. The Morgan fingerprint density at radius 1 is 1.12 bits per heavy atom. The van der Waals surface area contributed by atoms with Gasteiger partial charge in [-0.05, 0) is 46.3 Å². The zero-order valence-corrected chi connectivity index (χ0v) is 14.3. The van der Waals surface area contributed by atoms with Gasteiger partial charge in [0.1, 0.15) is 11.3 Å². The van der Waals surface area contributed by atoms with Crippen LogP contribution >= 0.6 is 15.9 Å². The Kier molecular flexibility index (Phi) is 4.66. The van der Waals surface area contributed by atoms with Crippen molar-refractivity contribution in [1.82, 2.24) is 0 Å². The van der Waals surface area contributed by atoms with Crippen molar-refractivity contribution in [3.8, 4) is 5.75 Å². The number of hydrogen-bond donors (Lipinski definition) is 0. The first-order valence-electron chi connectivity index (χ1n) is 7.11. The highest BCUT2D eigenvalue weighted by molar-refractivity contribution is 9.10. The molecule has 0 amide bonds. The summed E-state index contributed by atoms with van der Waals surface area (Å²) in [4.78, 5) is 24.2. The van der Waals surface area contributed by atoms with E-state index in [4.69, 9.17) is 13.9 Å². The van der Waals surface area contributed by atoms with E-state index in [0.717, 1.165) is 5.39 Å². The minimum absolute atomic E-state index is 0.0694. The summed E-state index contributed by atoms with van der Waals surface area (Å²) in [6.45, 7) is -0.366. The largest absolute Gasteiger partial charge is 0.496 e. The molecule has 0 aliphatic heterocycles. The molecular weight excluding hydrogens is 376 g/mol. The second-order valence-electron chi connectivity index (χ2n) is 5.00. The summed E-state index contributed by atoms with van der Waals surface area (Å²) >= 11 is 3.31. The van der Waals surface area contributed by atoms with Crippen LogP contribution in [0.5, 0.6) is 5.75 Å². The molecule has 1 heterocycles. The predicted molar refractivity (Wildman–Crippen MR) is 91.5 cm³/mol. The van der Waals surface area contributed by atoms with Crippen LogP contribution in [0, 0.1) is 0 Å². The molecule has 0 atom stereocenters. The van der Waals surface area contributed by atoms with Gasteiger partial charge >= 0.3 is 5.97 Å². The maximum absolute atomic E-state index is 12.1. The van der Waals surface area contributed by atoms with E-state index in [9.17, 15) is 9.59 Å². The van der Waals surface area contributed by atoms with Crippen LogP contribution in [0.3, 0.4) is 0 Å². The standard InChI is InChI=1S/C18H13BrO5/c1-22-16-7-6-11(8-13(16)19)14(20)10-23-18(21)17-9-12-4-2-3-5-15(12)24-17/h2-9H,10H2,1H3. The number of para-hydroxylation sites is 1. The van der Waals surface area contributed by atoms with Gasteiger partial charge in [-0.1, -0.05) is 18.2 Å². The normalized spacial score (nSPS) is 10.6. The molecule has 0 bridgehead atoms. The van der Waals surface area contributed by atoms with Gasteiger partial charge in [0.05, 0.1) is 11.6 Å². The van der Waals surface area contributed by atoms with Gasteiger partial charge in [-0.25, -0.2) is 4.79 Å². The van der Waals surface area contributed by atoms with Crippen LogP contribution < -0.4 is 4.74 Å². The van der Waals surface area contributed by atoms with Crippen molar-refractivity contribution >= 4 is 38.7 Å². The third-order valence-electron chi connectivity index (χ3n) is 3.43. The van der Waals surface area contributed by atoms with Crippen molar-refractivity contribution in [2.45, 2.75) is 0 Å². The number of furan rings is 1. The highest BCUT2D eigenvalue weighted by Crippen LogP contribution is 2.26. The molecule has 0 spiro atoms. The lowest BCUT2D eigenvalue weighted by atomic mass is 10.1. The average Bonchev–Trinajstić information content (AvgIpc) is 3.03. The molecule has 2 aromatic carbocycles. The number of carbonyl (C=O) groups excluding carboxylic acids is 2. The fraction of sp³-hybridized carbons (Fsp3) is 0.111. The molecule has 0 fully saturated rings. The van der Waals surface area contributed by atoms with Crippen molar-refractivity contribution in [1.29, 1.82) is 0 Å². The minimum Gasteiger partial charge on any atom is -0.496 e. The van der Waals surface area contributed by atoms with E-state index < -0.39 is 5.97 Å². The van der Waals surface area contributed by atoms with Gasteiger partial charge in [-0.2, -0.15) is 0 Å². The van der Waals surface area contributed by atoms with Crippen LogP contribution in [-0.2, 0) is 4.74 Å². The number of ketones is 1. The molecule has 3 rings (SSSR count). The van der Waals surface area contributed by atoms with E-state index in [2.05, 4.69) is 15.9 Å².